The Bertz CT molecular complexity index is 269. The fraction of sp³-hybridized carbons (Fsp3) is 1.00. The summed E-state index contributed by atoms with van der Waals surface area (Å²) in [6.07, 6.45) is 8.84. The van der Waals surface area contributed by atoms with Crippen LogP contribution in [0.3, 0.4) is 0 Å². The Balaban J connectivity index is 1.60. The number of hydrogen-bond donors (Lipinski definition) is 1. The Morgan fingerprint density at radius 2 is 2.00 bits per heavy atom. The molecule has 3 heteroatoms. The van der Waals surface area contributed by atoms with E-state index in [-0.39, 0.29) is 0 Å². The third-order valence-electron chi connectivity index (χ3n) is 5.23. The van der Waals surface area contributed by atoms with Crippen LogP contribution < -0.4 is 5.32 Å². The van der Waals surface area contributed by atoms with Crippen LogP contribution in [0.1, 0.15) is 45.4 Å². The van der Waals surface area contributed by atoms with Gasteiger partial charge in [-0.25, -0.2) is 0 Å². The second-order valence-corrected chi connectivity index (χ2v) is 6.21. The molecule has 3 rings (SSSR count). The number of hydrogen-bond acceptors (Lipinski definition) is 3. The van der Waals surface area contributed by atoms with Gasteiger partial charge in [0, 0.05) is 18.6 Å². The summed E-state index contributed by atoms with van der Waals surface area (Å²) in [7, 11) is 0. The van der Waals surface area contributed by atoms with Crippen molar-refractivity contribution in [2.24, 2.45) is 5.92 Å². The molecule has 1 heterocycles. The molecule has 0 radical (unpaired) electrons. The molecular formula is C15H28N2O. The standard InChI is InChI=1S/C15H28N2O/c1-2-16-11-12-7-8-13(12)17-9-10-18-15-6-4-3-5-14(15)17/h12-16H,2-11H2,1H3. The molecule has 3 nitrogen and oxygen atoms in total. The maximum absolute atomic E-state index is 5.99. The Morgan fingerprint density at radius 1 is 1.11 bits per heavy atom. The monoisotopic (exact) mass is 252 g/mol. The van der Waals surface area contributed by atoms with Crippen molar-refractivity contribution in [3.63, 3.8) is 0 Å². The summed E-state index contributed by atoms with van der Waals surface area (Å²) >= 11 is 0. The molecule has 2 saturated carbocycles. The minimum absolute atomic E-state index is 0.549. The van der Waals surface area contributed by atoms with Crippen LogP contribution >= 0.6 is 0 Å². The van der Waals surface area contributed by atoms with Crippen molar-refractivity contribution in [3.8, 4) is 0 Å². The van der Waals surface area contributed by atoms with Gasteiger partial charge in [0.15, 0.2) is 0 Å². The van der Waals surface area contributed by atoms with E-state index in [1.807, 2.05) is 0 Å². The molecule has 0 aromatic carbocycles. The number of morpholine rings is 1. The molecule has 2 aliphatic carbocycles. The van der Waals surface area contributed by atoms with Gasteiger partial charge in [0.05, 0.1) is 12.7 Å². The topological polar surface area (TPSA) is 24.5 Å². The third-order valence-corrected chi connectivity index (χ3v) is 5.23. The quantitative estimate of drug-likeness (QED) is 0.828. The molecule has 104 valence electrons. The van der Waals surface area contributed by atoms with Crippen molar-refractivity contribution in [1.29, 1.82) is 0 Å². The number of nitrogens with one attached hydrogen (secondary N) is 1. The van der Waals surface area contributed by atoms with Crippen LogP contribution in [0.15, 0.2) is 0 Å². The second kappa shape index (κ2) is 5.89. The van der Waals surface area contributed by atoms with Crippen LogP contribution in [0.5, 0.6) is 0 Å². The molecule has 18 heavy (non-hydrogen) atoms. The molecule has 3 aliphatic rings. The van der Waals surface area contributed by atoms with Crippen molar-refractivity contribution < 1.29 is 4.74 Å². The van der Waals surface area contributed by atoms with Gasteiger partial charge in [0.2, 0.25) is 0 Å². The number of fused-ring (bicyclic) bond motifs is 1. The molecule has 3 fully saturated rings. The van der Waals surface area contributed by atoms with Crippen LogP contribution in [-0.4, -0.2) is 49.3 Å². The molecule has 4 atom stereocenters. The van der Waals surface area contributed by atoms with Gasteiger partial charge < -0.3 is 10.1 Å². The highest BCUT2D eigenvalue weighted by Crippen LogP contribution is 2.38. The van der Waals surface area contributed by atoms with Gasteiger partial charge in [0.25, 0.3) is 0 Å². The lowest BCUT2D eigenvalue weighted by molar-refractivity contribution is -0.123. The minimum atomic E-state index is 0.549. The molecule has 0 aromatic heterocycles. The Hall–Kier alpha value is -0.120. The fourth-order valence-electron chi connectivity index (χ4n) is 4.09. The van der Waals surface area contributed by atoms with Gasteiger partial charge in [-0.1, -0.05) is 19.8 Å². The Kier molecular flexibility index (Phi) is 4.22. The maximum atomic E-state index is 5.99. The lowest BCUT2D eigenvalue weighted by Crippen LogP contribution is -2.61. The summed E-state index contributed by atoms with van der Waals surface area (Å²) in [5.74, 6) is 0.894. The average Bonchev–Trinajstić information content (AvgIpc) is 2.38. The normalized spacial score (nSPS) is 41.2. The number of rotatable bonds is 4. The van der Waals surface area contributed by atoms with E-state index >= 15 is 0 Å². The van der Waals surface area contributed by atoms with Crippen molar-refractivity contribution in [3.05, 3.63) is 0 Å². The summed E-state index contributed by atoms with van der Waals surface area (Å²) < 4.78 is 5.99. The Labute approximate surface area is 111 Å². The van der Waals surface area contributed by atoms with Gasteiger partial charge in [-0.15, -0.1) is 0 Å². The largest absolute Gasteiger partial charge is 0.375 e. The molecule has 1 N–H and O–H groups in total. The zero-order chi connectivity index (χ0) is 12.4. The van der Waals surface area contributed by atoms with Crippen molar-refractivity contribution >= 4 is 0 Å². The minimum Gasteiger partial charge on any atom is -0.375 e. The first kappa shape index (κ1) is 12.9. The van der Waals surface area contributed by atoms with E-state index in [0.717, 1.165) is 31.2 Å². The number of ether oxygens (including phenoxy) is 1. The first-order chi connectivity index (χ1) is 8.90. The van der Waals surface area contributed by atoms with Crippen LogP contribution in [-0.2, 0) is 4.74 Å². The maximum Gasteiger partial charge on any atom is 0.0731 e. The lowest BCUT2D eigenvalue weighted by atomic mass is 9.76. The fourth-order valence-corrected chi connectivity index (χ4v) is 4.09. The highest BCUT2D eigenvalue weighted by atomic mass is 16.5. The molecule has 1 aliphatic heterocycles. The zero-order valence-corrected chi connectivity index (χ0v) is 11.7. The highest BCUT2D eigenvalue weighted by molar-refractivity contribution is 4.97. The molecule has 0 spiro atoms. The summed E-state index contributed by atoms with van der Waals surface area (Å²) in [5.41, 5.74) is 0. The molecule has 1 saturated heterocycles. The number of nitrogens with zero attached hydrogens (tertiary/aromatic N) is 1. The van der Waals surface area contributed by atoms with E-state index in [1.54, 1.807) is 0 Å². The SMILES string of the molecule is CCNCC1CCC1N1CCOC2CCCCC21. The molecule has 4 unspecified atom stereocenters. The lowest BCUT2D eigenvalue weighted by Gasteiger charge is -2.53. The molecule has 0 bridgehead atoms. The van der Waals surface area contributed by atoms with E-state index < -0.39 is 0 Å². The first-order valence-corrected chi connectivity index (χ1v) is 7.98. The van der Waals surface area contributed by atoms with Crippen molar-refractivity contribution in [1.82, 2.24) is 10.2 Å². The third kappa shape index (κ3) is 2.45. The van der Waals surface area contributed by atoms with E-state index in [9.17, 15) is 0 Å². The molecule has 0 amide bonds. The summed E-state index contributed by atoms with van der Waals surface area (Å²) in [6.45, 7) is 6.67. The van der Waals surface area contributed by atoms with Crippen LogP contribution in [0.4, 0.5) is 0 Å². The van der Waals surface area contributed by atoms with Crippen LogP contribution in [0, 0.1) is 5.92 Å². The van der Waals surface area contributed by atoms with Gasteiger partial charge >= 0.3 is 0 Å². The predicted octanol–water partition coefficient (Wildman–Crippen LogP) is 2.02. The summed E-state index contributed by atoms with van der Waals surface area (Å²) in [5, 5.41) is 3.53. The zero-order valence-electron chi connectivity index (χ0n) is 11.7. The molecular weight excluding hydrogens is 224 g/mol. The van der Waals surface area contributed by atoms with Crippen molar-refractivity contribution in [2.75, 3.05) is 26.2 Å². The van der Waals surface area contributed by atoms with Crippen molar-refractivity contribution in [2.45, 2.75) is 63.6 Å². The van der Waals surface area contributed by atoms with E-state index in [1.165, 1.54) is 51.6 Å². The summed E-state index contributed by atoms with van der Waals surface area (Å²) in [6, 6.07) is 1.58. The van der Waals surface area contributed by atoms with Crippen LogP contribution in [0.25, 0.3) is 0 Å². The second-order valence-electron chi connectivity index (χ2n) is 6.21. The van der Waals surface area contributed by atoms with Gasteiger partial charge in [0.1, 0.15) is 0 Å². The Morgan fingerprint density at radius 3 is 2.78 bits per heavy atom. The summed E-state index contributed by atoms with van der Waals surface area (Å²) in [4.78, 5) is 2.82. The first-order valence-electron chi connectivity index (χ1n) is 7.98. The van der Waals surface area contributed by atoms with Gasteiger partial charge in [-0.3, -0.25) is 4.90 Å². The highest BCUT2D eigenvalue weighted by Gasteiger charge is 2.43. The van der Waals surface area contributed by atoms with Gasteiger partial charge in [-0.2, -0.15) is 0 Å². The smallest absolute Gasteiger partial charge is 0.0731 e. The van der Waals surface area contributed by atoms with Gasteiger partial charge in [-0.05, 0) is 44.7 Å². The average molecular weight is 252 g/mol. The molecule has 0 aromatic rings. The van der Waals surface area contributed by atoms with Crippen LogP contribution in [0.2, 0.25) is 0 Å². The predicted molar refractivity (Wildman–Crippen MR) is 73.8 cm³/mol. The van der Waals surface area contributed by atoms with E-state index in [4.69, 9.17) is 4.74 Å². The van der Waals surface area contributed by atoms with E-state index in [0.29, 0.717) is 6.10 Å². The van der Waals surface area contributed by atoms with E-state index in [2.05, 4.69) is 17.1 Å².